The lowest BCUT2D eigenvalue weighted by Crippen LogP contribution is -2.42. The van der Waals surface area contributed by atoms with Gasteiger partial charge in [0.15, 0.2) is 5.15 Å². The van der Waals surface area contributed by atoms with Gasteiger partial charge in [-0.2, -0.15) is 0 Å². The van der Waals surface area contributed by atoms with E-state index in [0.717, 1.165) is 41.8 Å². The Morgan fingerprint density at radius 3 is 2.68 bits per heavy atom. The van der Waals surface area contributed by atoms with E-state index in [1.165, 1.54) is 0 Å². The molecule has 6 nitrogen and oxygen atoms in total. The maximum atomic E-state index is 12.3. The zero-order valence-corrected chi connectivity index (χ0v) is 20.0. The highest BCUT2D eigenvalue weighted by molar-refractivity contribution is 6.30. The molecule has 0 radical (unpaired) electrons. The van der Waals surface area contributed by atoms with Crippen LogP contribution < -0.4 is 4.74 Å². The van der Waals surface area contributed by atoms with Crippen LogP contribution in [0.1, 0.15) is 54.4 Å². The lowest BCUT2D eigenvalue weighted by Gasteiger charge is -2.32. The Kier molecular flexibility index (Phi) is 7.39. The number of carboxylic acid groups (broad SMARTS) is 1. The highest BCUT2D eigenvalue weighted by Gasteiger charge is 2.43. The summed E-state index contributed by atoms with van der Waals surface area (Å²) < 4.78 is 7.97. The number of benzene rings is 2. The summed E-state index contributed by atoms with van der Waals surface area (Å²) in [5, 5.41) is 20.2. The molecule has 0 saturated carbocycles. The number of fused-ring (bicyclic) bond motifs is 1. The van der Waals surface area contributed by atoms with Crippen molar-refractivity contribution in [3.8, 4) is 5.75 Å². The zero-order chi connectivity index (χ0) is 24.1. The Morgan fingerprint density at radius 2 is 1.97 bits per heavy atom. The van der Waals surface area contributed by atoms with Crippen LogP contribution in [0.15, 0.2) is 54.6 Å². The maximum Gasteiger partial charge on any atom is 0.317 e. The second-order valence-corrected chi connectivity index (χ2v) is 8.98. The second kappa shape index (κ2) is 10.5. The first-order chi connectivity index (χ1) is 16.5. The summed E-state index contributed by atoms with van der Waals surface area (Å²) in [5.41, 5.74) is 2.18. The average molecular weight is 481 g/mol. The molecular weight excluding hydrogens is 452 g/mol. The van der Waals surface area contributed by atoms with E-state index < -0.39 is 11.4 Å². The van der Waals surface area contributed by atoms with Gasteiger partial charge in [-0.3, -0.25) is 4.79 Å². The molecule has 0 bridgehead atoms. The van der Waals surface area contributed by atoms with Gasteiger partial charge < -0.3 is 19.5 Å². The van der Waals surface area contributed by atoms with Crippen LogP contribution in [0.2, 0.25) is 5.15 Å². The smallest absolute Gasteiger partial charge is 0.317 e. The summed E-state index contributed by atoms with van der Waals surface area (Å²) >= 11 is 6.25. The van der Waals surface area contributed by atoms with E-state index in [9.17, 15) is 15.0 Å². The topological polar surface area (TPSA) is 84.6 Å². The number of allylic oxidation sites excluding steroid dienone is 1. The van der Waals surface area contributed by atoms with E-state index in [1.807, 2.05) is 65.3 Å². The molecule has 7 heteroatoms. The molecule has 1 unspecified atom stereocenters. The van der Waals surface area contributed by atoms with Gasteiger partial charge in [0.05, 0.1) is 12.3 Å². The number of carboxylic acids is 1. The molecular formula is C27H29ClN2O4. The van der Waals surface area contributed by atoms with Gasteiger partial charge in [0.25, 0.3) is 0 Å². The van der Waals surface area contributed by atoms with Gasteiger partial charge in [0.2, 0.25) is 0 Å². The minimum atomic E-state index is -1.12. The highest BCUT2D eigenvalue weighted by atomic mass is 35.5. The standard InChI is InChI=1S/C27H29ClN2O4/c1-2-3-10-24-29-25(28)23(17-31)30(24)16-19-11-13-21(14-12-19)34-18-27(26(32)33)15-6-8-20-7-4-5-9-22(20)27/h4-9,11-14,31H,2-3,10,15-18H2,1H3,(H,32,33). The van der Waals surface area contributed by atoms with E-state index in [2.05, 4.69) is 11.9 Å². The van der Waals surface area contributed by atoms with E-state index in [0.29, 0.717) is 29.6 Å². The van der Waals surface area contributed by atoms with E-state index in [4.69, 9.17) is 16.3 Å². The number of hydrogen-bond acceptors (Lipinski definition) is 4. The molecule has 2 N–H and O–H groups in total. The molecule has 34 heavy (non-hydrogen) atoms. The highest BCUT2D eigenvalue weighted by Crippen LogP contribution is 2.37. The average Bonchev–Trinajstić information content (AvgIpc) is 3.15. The van der Waals surface area contributed by atoms with Gasteiger partial charge in [-0.05, 0) is 41.7 Å². The van der Waals surface area contributed by atoms with Gasteiger partial charge in [0, 0.05) is 13.0 Å². The predicted octanol–water partition coefficient (Wildman–Crippen LogP) is 5.24. The molecule has 0 saturated heterocycles. The number of halogens is 1. The molecule has 0 spiro atoms. The first-order valence-corrected chi connectivity index (χ1v) is 11.9. The van der Waals surface area contributed by atoms with Crippen LogP contribution in [-0.2, 0) is 29.8 Å². The van der Waals surface area contributed by atoms with Crippen LogP contribution in [0, 0.1) is 0 Å². The Balaban J connectivity index is 1.50. The zero-order valence-electron chi connectivity index (χ0n) is 19.2. The Hall–Kier alpha value is -3.09. The third kappa shape index (κ3) is 4.74. The molecule has 178 valence electrons. The molecule has 4 rings (SSSR count). The number of carbonyl (C=O) groups is 1. The number of aromatic nitrogens is 2. The number of aliphatic carboxylic acids is 1. The molecule has 2 aromatic carbocycles. The quantitative estimate of drug-likeness (QED) is 0.414. The Labute approximate surface area is 204 Å². The number of imidazole rings is 1. The molecule has 1 heterocycles. The largest absolute Gasteiger partial charge is 0.492 e. The number of unbranched alkanes of at least 4 members (excludes halogenated alkanes) is 1. The monoisotopic (exact) mass is 480 g/mol. The minimum absolute atomic E-state index is 0.0377. The lowest BCUT2D eigenvalue weighted by molar-refractivity contribution is -0.145. The van der Waals surface area contributed by atoms with Crippen molar-refractivity contribution in [1.82, 2.24) is 9.55 Å². The number of aliphatic hydroxyl groups excluding tert-OH is 1. The van der Waals surface area contributed by atoms with Crippen molar-refractivity contribution in [2.45, 2.75) is 51.2 Å². The number of nitrogens with zero attached hydrogens (tertiary/aromatic N) is 2. The van der Waals surface area contributed by atoms with Gasteiger partial charge in [-0.25, -0.2) is 4.98 Å². The molecule has 1 aliphatic rings. The minimum Gasteiger partial charge on any atom is -0.492 e. The van der Waals surface area contributed by atoms with Crippen LogP contribution >= 0.6 is 11.6 Å². The Bertz CT molecular complexity index is 1190. The van der Waals surface area contributed by atoms with Crippen molar-refractivity contribution < 1.29 is 19.7 Å². The lowest BCUT2D eigenvalue weighted by atomic mass is 9.73. The van der Waals surface area contributed by atoms with Crippen molar-refractivity contribution >= 4 is 23.6 Å². The first kappa shape index (κ1) is 24.0. The molecule has 3 aromatic rings. The van der Waals surface area contributed by atoms with Crippen LogP contribution in [0.25, 0.3) is 6.08 Å². The van der Waals surface area contributed by atoms with Crippen molar-refractivity contribution in [2.24, 2.45) is 0 Å². The third-order valence-electron chi connectivity index (χ3n) is 6.41. The molecule has 0 aliphatic heterocycles. The van der Waals surface area contributed by atoms with Crippen LogP contribution in [0.5, 0.6) is 5.75 Å². The molecule has 1 aromatic heterocycles. The van der Waals surface area contributed by atoms with Gasteiger partial charge in [-0.15, -0.1) is 0 Å². The molecule has 0 fully saturated rings. The first-order valence-electron chi connectivity index (χ1n) is 11.5. The number of rotatable bonds is 10. The molecule has 1 aliphatic carbocycles. The fraction of sp³-hybridized carbons (Fsp3) is 0.333. The number of ether oxygens (including phenoxy) is 1. The molecule has 1 atom stereocenters. The SMILES string of the molecule is CCCCc1nc(Cl)c(CO)n1Cc1ccc(OCC2(C(=O)O)CC=Cc3ccccc32)cc1. The van der Waals surface area contributed by atoms with E-state index >= 15 is 0 Å². The van der Waals surface area contributed by atoms with Crippen molar-refractivity contribution in [2.75, 3.05) is 6.61 Å². The summed E-state index contributed by atoms with van der Waals surface area (Å²) in [7, 11) is 0. The fourth-order valence-electron chi connectivity index (χ4n) is 4.42. The van der Waals surface area contributed by atoms with Crippen molar-refractivity contribution in [3.05, 3.63) is 88.0 Å². The summed E-state index contributed by atoms with van der Waals surface area (Å²) in [5.74, 6) is 0.575. The predicted molar refractivity (Wildman–Crippen MR) is 132 cm³/mol. The number of aryl methyl sites for hydroxylation is 1. The van der Waals surface area contributed by atoms with Crippen LogP contribution in [0.3, 0.4) is 0 Å². The summed E-state index contributed by atoms with van der Waals surface area (Å²) in [6.07, 6.45) is 7.07. The number of aliphatic hydroxyl groups is 1. The van der Waals surface area contributed by atoms with E-state index in [1.54, 1.807) is 0 Å². The molecule has 0 amide bonds. The second-order valence-electron chi connectivity index (χ2n) is 8.63. The number of hydrogen-bond donors (Lipinski definition) is 2. The summed E-state index contributed by atoms with van der Waals surface area (Å²) in [6, 6.07) is 15.1. The Morgan fingerprint density at radius 1 is 1.21 bits per heavy atom. The third-order valence-corrected chi connectivity index (χ3v) is 6.71. The van der Waals surface area contributed by atoms with Crippen molar-refractivity contribution in [3.63, 3.8) is 0 Å². The normalized spacial score (nSPS) is 16.9. The fourth-order valence-corrected chi connectivity index (χ4v) is 4.68. The van der Waals surface area contributed by atoms with Gasteiger partial charge in [-0.1, -0.05) is 73.5 Å². The van der Waals surface area contributed by atoms with Crippen LogP contribution in [-0.4, -0.2) is 32.3 Å². The summed E-state index contributed by atoms with van der Waals surface area (Å²) in [4.78, 5) is 16.8. The van der Waals surface area contributed by atoms with Gasteiger partial charge >= 0.3 is 5.97 Å². The van der Waals surface area contributed by atoms with Gasteiger partial charge in [0.1, 0.15) is 23.6 Å². The van der Waals surface area contributed by atoms with Crippen molar-refractivity contribution in [1.29, 1.82) is 0 Å². The van der Waals surface area contributed by atoms with E-state index in [-0.39, 0.29) is 13.2 Å². The maximum absolute atomic E-state index is 12.3. The summed E-state index contributed by atoms with van der Waals surface area (Å²) in [6.45, 7) is 2.52. The van der Waals surface area contributed by atoms with Crippen LogP contribution in [0.4, 0.5) is 0 Å².